The second kappa shape index (κ2) is 9.59. The van der Waals surface area contributed by atoms with Gasteiger partial charge in [-0.25, -0.2) is 4.99 Å². The van der Waals surface area contributed by atoms with Gasteiger partial charge in [0.1, 0.15) is 6.54 Å². The van der Waals surface area contributed by atoms with Crippen molar-refractivity contribution in [2.45, 2.75) is 32.4 Å². The summed E-state index contributed by atoms with van der Waals surface area (Å²) in [6.07, 6.45) is 7.53. The molecule has 1 fully saturated rings. The van der Waals surface area contributed by atoms with E-state index in [-0.39, 0.29) is 0 Å². The van der Waals surface area contributed by atoms with Crippen molar-refractivity contribution >= 4 is 21.9 Å². The first kappa shape index (κ1) is 17.8. The molecule has 23 heavy (non-hydrogen) atoms. The van der Waals surface area contributed by atoms with Gasteiger partial charge >= 0.3 is 0 Å². The zero-order valence-electron chi connectivity index (χ0n) is 13.7. The summed E-state index contributed by atoms with van der Waals surface area (Å²) in [4.78, 5) is 6.87. The summed E-state index contributed by atoms with van der Waals surface area (Å²) >= 11 is 3.48. The minimum absolute atomic E-state index is 0.414. The molecule has 1 heterocycles. The topological polar surface area (TPSA) is 39.7 Å². The predicted molar refractivity (Wildman–Crippen MR) is 100 cm³/mol. The Hall–Kier alpha value is -1.51. The molecular weight excluding hydrogens is 352 g/mol. The van der Waals surface area contributed by atoms with Crippen molar-refractivity contribution in [3.8, 4) is 12.3 Å². The number of likely N-dealkylation sites (tertiary alicyclic amines) is 1. The fourth-order valence-electron chi connectivity index (χ4n) is 2.72. The Labute approximate surface area is 147 Å². The Bertz CT molecular complexity index is 539. The lowest BCUT2D eigenvalue weighted by Gasteiger charge is -2.33. The van der Waals surface area contributed by atoms with Gasteiger partial charge in [-0.1, -0.05) is 34.0 Å². The van der Waals surface area contributed by atoms with Crippen LogP contribution in [0.2, 0.25) is 0 Å². The first-order valence-corrected chi connectivity index (χ1v) is 8.95. The van der Waals surface area contributed by atoms with E-state index >= 15 is 0 Å². The summed E-state index contributed by atoms with van der Waals surface area (Å²) in [6, 6.07) is 9.04. The van der Waals surface area contributed by atoms with Gasteiger partial charge in [0.25, 0.3) is 0 Å². The predicted octanol–water partition coefficient (Wildman–Crippen LogP) is 2.60. The van der Waals surface area contributed by atoms with Gasteiger partial charge in [-0.3, -0.25) is 4.90 Å². The summed E-state index contributed by atoms with van der Waals surface area (Å²) in [5.41, 5.74) is 1.36. The lowest BCUT2D eigenvalue weighted by molar-refractivity contribution is 0.198. The summed E-state index contributed by atoms with van der Waals surface area (Å²) in [7, 11) is 0. The molecule has 2 rings (SSSR count). The summed E-state index contributed by atoms with van der Waals surface area (Å²) in [6.45, 7) is 6.54. The van der Waals surface area contributed by atoms with Gasteiger partial charge in [-0.05, 0) is 37.5 Å². The SMILES string of the molecule is C#CCN=C(NCC)NC1CCN(Cc2ccc(Br)cc2)CC1. The number of halogens is 1. The van der Waals surface area contributed by atoms with Crippen molar-refractivity contribution in [2.75, 3.05) is 26.2 Å². The maximum Gasteiger partial charge on any atom is 0.192 e. The summed E-state index contributed by atoms with van der Waals surface area (Å²) in [5.74, 6) is 3.38. The maximum atomic E-state index is 5.28. The molecule has 1 aromatic carbocycles. The van der Waals surface area contributed by atoms with Crippen LogP contribution in [0.4, 0.5) is 0 Å². The van der Waals surface area contributed by atoms with Crippen LogP contribution in [0.1, 0.15) is 25.3 Å². The van der Waals surface area contributed by atoms with E-state index in [1.54, 1.807) is 0 Å². The minimum atomic E-state index is 0.414. The molecular formula is C18H25BrN4. The van der Waals surface area contributed by atoms with Crippen LogP contribution in [0.15, 0.2) is 33.7 Å². The van der Waals surface area contributed by atoms with Gasteiger partial charge in [-0.2, -0.15) is 0 Å². The van der Waals surface area contributed by atoms with E-state index in [1.165, 1.54) is 5.56 Å². The van der Waals surface area contributed by atoms with Crippen LogP contribution >= 0.6 is 15.9 Å². The average Bonchev–Trinajstić information content (AvgIpc) is 2.57. The Balaban J connectivity index is 1.78. The highest BCUT2D eigenvalue weighted by molar-refractivity contribution is 9.10. The third-order valence-corrected chi connectivity index (χ3v) is 4.45. The van der Waals surface area contributed by atoms with Crippen molar-refractivity contribution in [1.82, 2.24) is 15.5 Å². The molecule has 124 valence electrons. The molecule has 2 N–H and O–H groups in total. The standard InChI is InChI=1S/C18H25BrN4/c1-3-11-21-18(20-4-2)22-17-9-12-23(13-10-17)14-15-5-7-16(19)8-6-15/h1,5-8,17H,4,9-14H2,2H3,(H2,20,21,22). The van der Waals surface area contributed by atoms with Crippen molar-refractivity contribution in [2.24, 2.45) is 4.99 Å². The van der Waals surface area contributed by atoms with Crippen LogP contribution in [0.25, 0.3) is 0 Å². The molecule has 0 aromatic heterocycles. The summed E-state index contributed by atoms with van der Waals surface area (Å²) in [5, 5.41) is 6.74. The fraction of sp³-hybridized carbons (Fsp3) is 0.500. The number of guanidine groups is 1. The number of terminal acetylenes is 1. The molecule has 0 bridgehead atoms. The number of benzene rings is 1. The molecule has 1 aromatic rings. The van der Waals surface area contributed by atoms with E-state index < -0.39 is 0 Å². The molecule has 0 radical (unpaired) electrons. The Morgan fingerprint density at radius 3 is 2.65 bits per heavy atom. The molecule has 0 unspecified atom stereocenters. The van der Waals surface area contributed by atoms with E-state index in [0.29, 0.717) is 12.6 Å². The van der Waals surface area contributed by atoms with Crippen LogP contribution in [-0.2, 0) is 6.54 Å². The third-order valence-electron chi connectivity index (χ3n) is 3.92. The molecule has 1 saturated heterocycles. The van der Waals surface area contributed by atoms with Crippen LogP contribution in [0, 0.1) is 12.3 Å². The van der Waals surface area contributed by atoms with Crippen molar-refractivity contribution in [1.29, 1.82) is 0 Å². The first-order chi connectivity index (χ1) is 11.2. The number of rotatable bonds is 5. The van der Waals surface area contributed by atoms with Crippen molar-refractivity contribution < 1.29 is 0 Å². The smallest absolute Gasteiger partial charge is 0.192 e. The lowest BCUT2D eigenvalue weighted by Crippen LogP contribution is -2.48. The fourth-order valence-corrected chi connectivity index (χ4v) is 2.99. The molecule has 0 spiro atoms. The quantitative estimate of drug-likeness (QED) is 0.471. The molecule has 0 atom stereocenters. The number of nitrogens with one attached hydrogen (secondary N) is 2. The highest BCUT2D eigenvalue weighted by Gasteiger charge is 2.19. The highest BCUT2D eigenvalue weighted by Crippen LogP contribution is 2.16. The molecule has 1 aliphatic heterocycles. The Kier molecular flexibility index (Phi) is 7.44. The van der Waals surface area contributed by atoms with Gasteiger partial charge in [0.15, 0.2) is 5.96 Å². The average molecular weight is 377 g/mol. The normalized spacial score (nSPS) is 16.8. The minimum Gasteiger partial charge on any atom is -0.357 e. The van der Waals surface area contributed by atoms with E-state index in [2.05, 4.69) is 73.6 Å². The maximum absolute atomic E-state index is 5.28. The largest absolute Gasteiger partial charge is 0.357 e. The molecule has 1 aliphatic rings. The Morgan fingerprint density at radius 2 is 2.04 bits per heavy atom. The van der Waals surface area contributed by atoms with E-state index in [9.17, 15) is 0 Å². The Morgan fingerprint density at radius 1 is 1.35 bits per heavy atom. The third kappa shape index (κ3) is 6.25. The zero-order chi connectivity index (χ0) is 16.5. The van der Waals surface area contributed by atoms with Crippen LogP contribution in [0.3, 0.4) is 0 Å². The van der Waals surface area contributed by atoms with Crippen LogP contribution in [-0.4, -0.2) is 43.1 Å². The molecule has 0 aliphatic carbocycles. The van der Waals surface area contributed by atoms with Crippen molar-refractivity contribution in [3.63, 3.8) is 0 Å². The number of hydrogen-bond acceptors (Lipinski definition) is 2. The van der Waals surface area contributed by atoms with E-state index in [4.69, 9.17) is 6.42 Å². The lowest BCUT2D eigenvalue weighted by atomic mass is 10.0. The molecule has 5 heteroatoms. The second-order valence-electron chi connectivity index (χ2n) is 5.72. The number of aliphatic imine (C=N–C) groups is 1. The van der Waals surface area contributed by atoms with Gasteiger partial charge in [0.2, 0.25) is 0 Å². The molecule has 0 amide bonds. The number of hydrogen-bond donors (Lipinski definition) is 2. The van der Waals surface area contributed by atoms with E-state index in [1.807, 2.05) is 0 Å². The monoisotopic (exact) mass is 376 g/mol. The molecule has 4 nitrogen and oxygen atoms in total. The zero-order valence-corrected chi connectivity index (χ0v) is 15.3. The van der Waals surface area contributed by atoms with Gasteiger partial charge < -0.3 is 10.6 Å². The second-order valence-corrected chi connectivity index (χ2v) is 6.64. The van der Waals surface area contributed by atoms with Gasteiger partial charge in [0.05, 0.1) is 0 Å². The van der Waals surface area contributed by atoms with Gasteiger partial charge in [0, 0.05) is 36.7 Å². The highest BCUT2D eigenvalue weighted by atomic mass is 79.9. The van der Waals surface area contributed by atoms with Crippen LogP contribution < -0.4 is 10.6 Å². The molecule has 0 saturated carbocycles. The first-order valence-electron chi connectivity index (χ1n) is 8.16. The van der Waals surface area contributed by atoms with E-state index in [0.717, 1.165) is 49.5 Å². The summed E-state index contributed by atoms with van der Waals surface area (Å²) < 4.78 is 1.13. The number of piperidine rings is 1. The number of nitrogens with zero attached hydrogens (tertiary/aromatic N) is 2. The van der Waals surface area contributed by atoms with Crippen LogP contribution in [0.5, 0.6) is 0 Å². The van der Waals surface area contributed by atoms with Gasteiger partial charge in [-0.15, -0.1) is 6.42 Å². The van der Waals surface area contributed by atoms with Crippen molar-refractivity contribution in [3.05, 3.63) is 34.3 Å².